The first-order chi connectivity index (χ1) is 8.01. The summed E-state index contributed by atoms with van der Waals surface area (Å²) in [5, 5.41) is 31.0. The summed E-state index contributed by atoms with van der Waals surface area (Å²) in [6.07, 6.45) is -2.20. The first-order valence-corrected chi connectivity index (χ1v) is 4.99. The van der Waals surface area contributed by atoms with Crippen LogP contribution in [0, 0.1) is 5.82 Å². The smallest absolute Gasteiger partial charge is 0.165 e. The number of benzene rings is 1. The van der Waals surface area contributed by atoms with Gasteiger partial charge in [-0.15, -0.1) is 0 Å². The molecule has 0 saturated heterocycles. The summed E-state index contributed by atoms with van der Waals surface area (Å²) in [6, 6.07) is 2.01. The third-order valence-corrected chi connectivity index (χ3v) is 2.36. The second kappa shape index (κ2) is 5.72. The molecule has 1 aromatic carbocycles. The molecule has 0 aliphatic carbocycles. The summed E-state index contributed by atoms with van der Waals surface area (Å²) in [5.41, 5.74) is -0.235. The second-order valence-electron chi connectivity index (χ2n) is 3.63. The number of hydrogen-bond acceptors (Lipinski definition) is 5. The number of aliphatic hydroxyl groups excluding tert-OH is 2. The Morgan fingerprint density at radius 2 is 2.12 bits per heavy atom. The van der Waals surface area contributed by atoms with E-state index in [0.29, 0.717) is 0 Å². The van der Waals surface area contributed by atoms with Crippen LogP contribution in [0.3, 0.4) is 0 Å². The highest BCUT2D eigenvalue weighted by Gasteiger charge is 2.20. The highest BCUT2D eigenvalue weighted by molar-refractivity contribution is 5.79. The van der Waals surface area contributed by atoms with Crippen LogP contribution in [0.5, 0.6) is 5.75 Å². The van der Waals surface area contributed by atoms with Crippen molar-refractivity contribution in [3.8, 4) is 5.75 Å². The number of aliphatic hydroxyl groups is 2. The molecule has 0 bridgehead atoms. The predicted octanol–water partition coefficient (Wildman–Crippen LogP) is -0.0425. The molecule has 0 heterocycles. The van der Waals surface area contributed by atoms with E-state index in [4.69, 9.17) is 0 Å². The largest absolute Gasteiger partial charge is 0.504 e. The molecule has 0 amide bonds. The molecule has 1 rings (SSSR count). The lowest BCUT2D eigenvalue weighted by atomic mass is 10.0. The summed E-state index contributed by atoms with van der Waals surface area (Å²) in [4.78, 5) is 10.6. The minimum atomic E-state index is -1.34. The molecule has 0 spiro atoms. The normalized spacial score (nSPS) is 14.4. The van der Waals surface area contributed by atoms with Crippen molar-refractivity contribution in [3.05, 3.63) is 29.1 Å². The zero-order valence-electron chi connectivity index (χ0n) is 9.22. The maximum Gasteiger partial charge on any atom is 0.165 e. The van der Waals surface area contributed by atoms with E-state index in [1.807, 2.05) is 0 Å². The number of likely N-dealkylation sites (N-methyl/N-ethyl adjacent to an activating group) is 1. The summed E-state index contributed by atoms with van der Waals surface area (Å²) in [7, 11) is 1.59. The van der Waals surface area contributed by atoms with E-state index in [2.05, 4.69) is 5.32 Å². The van der Waals surface area contributed by atoms with Crippen LogP contribution in [0.1, 0.15) is 22.0 Å². The van der Waals surface area contributed by atoms with Crippen LogP contribution in [-0.2, 0) is 0 Å². The van der Waals surface area contributed by atoms with Gasteiger partial charge < -0.3 is 20.6 Å². The molecular weight excluding hydrogens is 229 g/mol. The molecule has 0 saturated carbocycles. The molecule has 5 nitrogen and oxygen atoms in total. The average molecular weight is 243 g/mol. The first-order valence-electron chi connectivity index (χ1n) is 4.99. The van der Waals surface area contributed by atoms with E-state index in [-0.39, 0.29) is 24.0 Å². The minimum absolute atomic E-state index is 0.0325. The molecule has 4 N–H and O–H groups in total. The number of carbonyl (C=O) groups excluding carboxylic acids is 1. The molecule has 0 aliphatic rings. The first kappa shape index (κ1) is 13.6. The topological polar surface area (TPSA) is 89.8 Å². The van der Waals surface area contributed by atoms with Gasteiger partial charge in [0.25, 0.3) is 0 Å². The number of halogens is 1. The summed E-state index contributed by atoms with van der Waals surface area (Å²) in [5.74, 6) is -1.78. The molecule has 0 aliphatic heterocycles. The van der Waals surface area contributed by atoms with Gasteiger partial charge >= 0.3 is 0 Å². The van der Waals surface area contributed by atoms with Crippen LogP contribution in [0.2, 0.25) is 0 Å². The summed E-state index contributed by atoms with van der Waals surface area (Å²) < 4.78 is 13.2. The number of rotatable bonds is 5. The van der Waals surface area contributed by atoms with Crippen molar-refractivity contribution >= 4 is 6.29 Å². The van der Waals surface area contributed by atoms with Gasteiger partial charge in [0.05, 0.1) is 11.7 Å². The molecule has 0 radical (unpaired) electrons. The molecule has 17 heavy (non-hydrogen) atoms. The van der Waals surface area contributed by atoms with Crippen LogP contribution in [0.25, 0.3) is 0 Å². The highest BCUT2D eigenvalue weighted by atomic mass is 19.1. The van der Waals surface area contributed by atoms with E-state index in [9.17, 15) is 24.5 Å². The number of phenols is 1. The second-order valence-corrected chi connectivity index (χ2v) is 3.63. The van der Waals surface area contributed by atoms with Crippen LogP contribution in [0.15, 0.2) is 12.1 Å². The molecule has 2 atom stereocenters. The van der Waals surface area contributed by atoms with Crippen molar-refractivity contribution in [3.63, 3.8) is 0 Å². The Bertz CT molecular complexity index is 411. The lowest BCUT2D eigenvalue weighted by Crippen LogP contribution is -2.29. The van der Waals surface area contributed by atoms with E-state index >= 15 is 0 Å². The van der Waals surface area contributed by atoms with E-state index in [1.54, 1.807) is 7.05 Å². The molecule has 2 unspecified atom stereocenters. The van der Waals surface area contributed by atoms with Crippen molar-refractivity contribution in [2.75, 3.05) is 13.6 Å². The van der Waals surface area contributed by atoms with Gasteiger partial charge in [-0.3, -0.25) is 4.79 Å². The van der Waals surface area contributed by atoms with Gasteiger partial charge in [0.2, 0.25) is 0 Å². The lowest BCUT2D eigenvalue weighted by molar-refractivity contribution is 0.0200. The van der Waals surface area contributed by atoms with Gasteiger partial charge in [-0.1, -0.05) is 0 Å². The van der Waals surface area contributed by atoms with Crippen LogP contribution < -0.4 is 5.32 Å². The number of carbonyl (C=O) groups is 1. The zero-order valence-corrected chi connectivity index (χ0v) is 9.22. The molecule has 0 fully saturated rings. The Morgan fingerprint density at radius 3 is 2.65 bits per heavy atom. The third kappa shape index (κ3) is 3.00. The fourth-order valence-electron chi connectivity index (χ4n) is 1.45. The van der Waals surface area contributed by atoms with Crippen LogP contribution in [-0.4, -0.2) is 41.3 Å². The molecule has 6 heteroatoms. The molecular formula is C11H14FNO4. The fourth-order valence-corrected chi connectivity index (χ4v) is 1.45. The lowest BCUT2D eigenvalue weighted by Gasteiger charge is -2.18. The van der Waals surface area contributed by atoms with Gasteiger partial charge in [0.15, 0.2) is 17.9 Å². The minimum Gasteiger partial charge on any atom is -0.504 e. The zero-order chi connectivity index (χ0) is 13.0. The fraction of sp³-hybridized carbons (Fsp3) is 0.364. The molecule has 0 aromatic heterocycles. The SMILES string of the molecule is CNCC(O)C(O)c1cc(F)c(O)c(C=O)c1. The number of nitrogens with one attached hydrogen (secondary N) is 1. The van der Waals surface area contributed by atoms with Gasteiger partial charge in [0, 0.05) is 6.54 Å². The van der Waals surface area contributed by atoms with Gasteiger partial charge in [-0.25, -0.2) is 4.39 Å². The number of phenolic OH excluding ortho intramolecular Hbond substituents is 1. The van der Waals surface area contributed by atoms with Crippen molar-refractivity contribution in [1.29, 1.82) is 0 Å². The third-order valence-electron chi connectivity index (χ3n) is 2.36. The predicted molar refractivity (Wildman–Crippen MR) is 58.3 cm³/mol. The number of aldehydes is 1. The van der Waals surface area contributed by atoms with E-state index < -0.39 is 23.8 Å². The Balaban J connectivity index is 3.06. The summed E-state index contributed by atoms with van der Waals surface area (Å²) in [6.45, 7) is 0.111. The van der Waals surface area contributed by atoms with Crippen molar-refractivity contribution in [1.82, 2.24) is 5.32 Å². The Kier molecular flexibility index (Phi) is 4.56. The van der Waals surface area contributed by atoms with Crippen molar-refractivity contribution in [2.45, 2.75) is 12.2 Å². The average Bonchev–Trinajstić information content (AvgIpc) is 2.31. The highest BCUT2D eigenvalue weighted by Crippen LogP contribution is 2.26. The van der Waals surface area contributed by atoms with Crippen LogP contribution >= 0.6 is 0 Å². The van der Waals surface area contributed by atoms with Crippen molar-refractivity contribution < 1.29 is 24.5 Å². The number of hydrogen-bond donors (Lipinski definition) is 4. The van der Waals surface area contributed by atoms with Gasteiger partial charge in [-0.05, 0) is 24.7 Å². The van der Waals surface area contributed by atoms with Crippen LogP contribution in [0.4, 0.5) is 4.39 Å². The Morgan fingerprint density at radius 1 is 1.47 bits per heavy atom. The maximum atomic E-state index is 13.2. The monoisotopic (exact) mass is 243 g/mol. The van der Waals surface area contributed by atoms with E-state index in [1.165, 1.54) is 0 Å². The number of aromatic hydroxyl groups is 1. The maximum absolute atomic E-state index is 13.2. The molecule has 1 aromatic rings. The molecule has 94 valence electrons. The van der Waals surface area contributed by atoms with Gasteiger partial charge in [-0.2, -0.15) is 0 Å². The van der Waals surface area contributed by atoms with Gasteiger partial charge in [0.1, 0.15) is 6.10 Å². The summed E-state index contributed by atoms with van der Waals surface area (Å²) >= 11 is 0. The quantitative estimate of drug-likeness (QED) is 0.545. The van der Waals surface area contributed by atoms with Crippen molar-refractivity contribution in [2.24, 2.45) is 0 Å². The Labute approximate surface area is 97.5 Å². The Hall–Kier alpha value is -1.50. The van der Waals surface area contributed by atoms with E-state index in [0.717, 1.165) is 12.1 Å². The standard InChI is InChI=1S/C11H14FNO4/c1-13-4-9(15)11(17)6-2-7(5-14)10(16)8(12)3-6/h2-3,5,9,11,13,15-17H,4H2,1H3.